The molecule has 1 aromatic rings. The highest BCUT2D eigenvalue weighted by Gasteiger charge is 2.17. The Labute approximate surface area is 135 Å². The van der Waals surface area contributed by atoms with Gasteiger partial charge in [0.25, 0.3) is 0 Å². The molecule has 0 radical (unpaired) electrons. The second kappa shape index (κ2) is 7.99. The molecular weight excluding hydrogens is 311 g/mol. The Morgan fingerprint density at radius 2 is 2.29 bits per heavy atom. The summed E-state index contributed by atoms with van der Waals surface area (Å²) in [5, 5.41) is 3.98. The number of halogens is 2. The van der Waals surface area contributed by atoms with Crippen LogP contribution in [0.15, 0.2) is 18.2 Å². The van der Waals surface area contributed by atoms with Gasteiger partial charge in [0.1, 0.15) is 0 Å². The number of nitrogens with one attached hydrogen (secondary N) is 1. The lowest BCUT2D eigenvalue weighted by Gasteiger charge is -2.18. The molecule has 1 fully saturated rings. The van der Waals surface area contributed by atoms with Gasteiger partial charge in [-0.15, -0.1) is 0 Å². The van der Waals surface area contributed by atoms with Gasteiger partial charge in [0.15, 0.2) is 0 Å². The maximum absolute atomic E-state index is 11.9. The third-order valence-electron chi connectivity index (χ3n) is 3.44. The van der Waals surface area contributed by atoms with Gasteiger partial charge >= 0.3 is 0 Å². The molecule has 0 saturated carbocycles. The van der Waals surface area contributed by atoms with Crippen molar-refractivity contribution in [3.05, 3.63) is 33.8 Å². The molecule has 4 nitrogen and oxygen atoms in total. The van der Waals surface area contributed by atoms with Crippen LogP contribution in [-0.2, 0) is 16.1 Å². The van der Waals surface area contributed by atoms with Crippen molar-refractivity contribution in [1.82, 2.24) is 10.2 Å². The molecule has 1 aliphatic heterocycles. The molecular formula is C15H20Cl2N2O2. The minimum atomic E-state index is -0.00819. The number of likely N-dealkylation sites (N-methyl/N-ethyl adjacent to an activating group) is 1. The number of carbonyl (C=O) groups is 1. The second-order valence-electron chi connectivity index (χ2n) is 5.32. The predicted molar refractivity (Wildman–Crippen MR) is 84.8 cm³/mol. The molecule has 0 unspecified atom stereocenters. The first-order valence-electron chi connectivity index (χ1n) is 7.06. The molecule has 0 spiro atoms. The minimum absolute atomic E-state index is 0.00819. The van der Waals surface area contributed by atoms with Crippen molar-refractivity contribution < 1.29 is 9.53 Å². The third-order valence-corrected chi connectivity index (χ3v) is 4.29. The molecule has 21 heavy (non-hydrogen) atoms. The van der Waals surface area contributed by atoms with E-state index in [1.165, 1.54) is 0 Å². The van der Waals surface area contributed by atoms with E-state index < -0.39 is 0 Å². The van der Waals surface area contributed by atoms with E-state index in [-0.39, 0.29) is 12.0 Å². The molecule has 1 aromatic carbocycles. The molecule has 0 aliphatic carbocycles. The fraction of sp³-hybridized carbons (Fsp3) is 0.533. The van der Waals surface area contributed by atoms with E-state index in [1.807, 2.05) is 24.1 Å². The van der Waals surface area contributed by atoms with E-state index in [1.54, 1.807) is 6.07 Å². The number of amides is 1. The number of nitrogens with zero attached hydrogens (tertiary/aromatic N) is 1. The number of carbonyl (C=O) groups excluding carboxylic acids is 1. The van der Waals surface area contributed by atoms with Crippen molar-refractivity contribution in [3.8, 4) is 0 Å². The molecule has 1 aliphatic rings. The van der Waals surface area contributed by atoms with Gasteiger partial charge in [-0.1, -0.05) is 35.3 Å². The number of ether oxygens (including phenoxy) is 1. The standard InChI is InChI=1S/C15H20Cl2N2O2/c1-19(9-11-4-2-6-13(16)15(11)17)10-14(20)18-8-12-5-3-7-21-12/h2,4,6,12H,3,5,7-10H2,1H3,(H,18,20)/t12-/m1/s1. The van der Waals surface area contributed by atoms with Crippen LogP contribution in [0.2, 0.25) is 10.0 Å². The van der Waals surface area contributed by atoms with Crippen molar-refractivity contribution in [2.45, 2.75) is 25.5 Å². The Hall–Kier alpha value is -0.810. The van der Waals surface area contributed by atoms with Crippen LogP contribution in [0.4, 0.5) is 0 Å². The predicted octanol–water partition coefficient (Wildman–Crippen LogP) is 2.72. The zero-order chi connectivity index (χ0) is 15.2. The number of benzene rings is 1. The van der Waals surface area contributed by atoms with Gasteiger partial charge in [-0.25, -0.2) is 0 Å². The molecule has 1 saturated heterocycles. The highest BCUT2D eigenvalue weighted by Crippen LogP contribution is 2.26. The highest BCUT2D eigenvalue weighted by molar-refractivity contribution is 6.42. The summed E-state index contributed by atoms with van der Waals surface area (Å²) in [5.74, 6) is -0.00819. The van der Waals surface area contributed by atoms with E-state index in [0.29, 0.717) is 29.7 Å². The highest BCUT2D eigenvalue weighted by atomic mass is 35.5. The van der Waals surface area contributed by atoms with Crippen LogP contribution in [0.5, 0.6) is 0 Å². The summed E-state index contributed by atoms with van der Waals surface area (Å²) in [6.07, 6.45) is 2.27. The van der Waals surface area contributed by atoms with Gasteiger partial charge in [0, 0.05) is 19.7 Å². The van der Waals surface area contributed by atoms with Gasteiger partial charge in [-0.2, -0.15) is 0 Å². The van der Waals surface area contributed by atoms with E-state index in [4.69, 9.17) is 27.9 Å². The maximum Gasteiger partial charge on any atom is 0.234 e. The van der Waals surface area contributed by atoms with Crippen LogP contribution in [0.3, 0.4) is 0 Å². The van der Waals surface area contributed by atoms with Gasteiger partial charge in [0.05, 0.1) is 22.7 Å². The lowest BCUT2D eigenvalue weighted by molar-refractivity contribution is -0.122. The Bertz CT molecular complexity index is 491. The van der Waals surface area contributed by atoms with Gasteiger partial charge in [-0.05, 0) is 31.5 Å². The van der Waals surface area contributed by atoms with Crippen LogP contribution in [-0.4, -0.2) is 43.7 Å². The van der Waals surface area contributed by atoms with Gasteiger partial charge < -0.3 is 10.1 Å². The van der Waals surface area contributed by atoms with Crippen LogP contribution < -0.4 is 5.32 Å². The van der Waals surface area contributed by atoms with Crippen molar-refractivity contribution in [2.24, 2.45) is 0 Å². The summed E-state index contributed by atoms with van der Waals surface area (Å²) in [6, 6.07) is 5.52. The molecule has 116 valence electrons. The van der Waals surface area contributed by atoms with Crippen LogP contribution in [0, 0.1) is 0 Å². The van der Waals surface area contributed by atoms with E-state index >= 15 is 0 Å². The Morgan fingerprint density at radius 1 is 1.48 bits per heavy atom. The topological polar surface area (TPSA) is 41.6 Å². The fourth-order valence-corrected chi connectivity index (χ4v) is 2.73. The summed E-state index contributed by atoms with van der Waals surface area (Å²) >= 11 is 12.1. The lowest BCUT2D eigenvalue weighted by atomic mass is 10.2. The lowest BCUT2D eigenvalue weighted by Crippen LogP contribution is -2.38. The van der Waals surface area contributed by atoms with Crippen LogP contribution in [0.1, 0.15) is 18.4 Å². The average molecular weight is 331 g/mol. The average Bonchev–Trinajstić information content (AvgIpc) is 2.95. The maximum atomic E-state index is 11.9. The number of hydrogen-bond donors (Lipinski definition) is 1. The first-order valence-corrected chi connectivity index (χ1v) is 7.81. The van der Waals surface area contributed by atoms with E-state index in [2.05, 4.69) is 5.32 Å². The minimum Gasteiger partial charge on any atom is -0.376 e. The monoisotopic (exact) mass is 330 g/mol. The zero-order valence-corrected chi connectivity index (χ0v) is 13.6. The fourth-order valence-electron chi connectivity index (χ4n) is 2.35. The van der Waals surface area contributed by atoms with Gasteiger partial charge in [0.2, 0.25) is 5.91 Å². The van der Waals surface area contributed by atoms with Crippen LogP contribution >= 0.6 is 23.2 Å². The number of hydrogen-bond acceptors (Lipinski definition) is 3. The molecule has 1 amide bonds. The third kappa shape index (κ3) is 5.15. The first-order chi connectivity index (χ1) is 10.1. The molecule has 1 atom stereocenters. The Kier molecular flexibility index (Phi) is 6.30. The van der Waals surface area contributed by atoms with Crippen molar-refractivity contribution >= 4 is 29.1 Å². The first kappa shape index (κ1) is 16.6. The summed E-state index contributed by atoms with van der Waals surface area (Å²) in [7, 11) is 1.88. The van der Waals surface area contributed by atoms with Crippen LogP contribution in [0.25, 0.3) is 0 Å². The number of rotatable bonds is 6. The normalized spacial score (nSPS) is 18.2. The summed E-state index contributed by atoms with van der Waals surface area (Å²) < 4.78 is 5.47. The molecule has 1 N–H and O–H groups in total. The molecule has 1 heterocycles. The SMILES string of the molecule is CN(CC(=O)NC[C@H]1CCCO1)Cc1cccc(Cl)c1Cl. The summed E-state index contributed by atoms with van der Waals surface area (Å²) in [5.41, 5.74) is 0.915. The van der Waals surface area contributed by atoms with Crippen molar-refractivity contribution in [3.63, 3.8) is 0 Å². The smallest absolute Gasteiger partial charge is 0.234 e. The summed E-state index contributed by atoms with van der Waals surface area (Å²) in [6.45, 7) is 2.28. The molecule has 2 rings (SSSR count). The van der Waals surface area contributed by atoms with E-state index in [9.17, 15) is 4.79 Å². The van der Waals surface area contributed by atoms with Crippen molar-refractivity contribution in [1.29, 1.82) is 0 Å². The Balaban J connectivity index is 1.76. The quantitative estimate of drug-likeness (QED) is 0.871. The largest absolute Gasteiger partial charge is 0.376 e. The van der Waals surface area contributed by atoms with Crippen molar-refractivity contribution in [2.75, 3.05) is 26.7 Å². The Morgan fingerprint density at radius 3 is 3.00 bits per heavy atom. The molecule has 6 heteroatoms. The second-order valence-corrected chi connectivity index (χ2v) is 6.11. The molecule has 0 bridgehead atoms. The zero-order valence-electron chi connectivity index (χ0n) is 12.1. The van der Waals surface area contributed by atoms with Gasteiger partial charge in [-0.3, -0.25) is 9.69 Å². The molecule has 0 aromatic heterocycles. The van der Waals surface area contributed by atoms with E-state index in [0.717, 1.165) is 25.0 Å². The summed E-state index contributed by atoms with van der Waals surface area (Å²) in [4.78, 5) is 13.8.